The first-order valence-corrected chi connectivity index (χ1v) is 8.69. The predicted molar refractivity (Wildman–Crippen MR) is 96.3 cm³/mol. The number of rotatable bonds is 4. The third-order valence-electron chi connectivity index (χ3n) is 4.73. The van der Waals surface area contributed by atoms with Gasteiger partial charge < -0.3 is 9.64 Å². The fourth-order valence-electron chi connectivity index (χ4n) is 3.29. The molecule has 0 saturated carbocycles. The Morgan fingerprint density at radius 3 is 2.60 bits per heavy atom. The van der Waals surface area contributed by atoms with Crippen molar-refractivity contribution in [1.29, 1.82) is 0 Å². The van der Waals surface area contributed by atoms with Crippen LogP contribution in [-0.2, 0) is 11.3 Å². The Morgan fingerprint density at radius 2 is 1.80 bits per heavy atom. The molecule has 0 radical (unpaired) electrons. The Bertz CT molecular complexity index is 852. The zero-order valence-electron chi connectivity index (χ0n) is 14.0. The van der Waals surface area contributed by atoms with Gasteiger partial charge in [-0.05, 0) is 24.5 Å². The molecule has 2 aromatic carbocycles. The highest BCUT2D eigenvalue weighted by molar-refractivity contribution is 6.04. The van der Waals surface area contributed by atoms with E-state index in [9.17, 15) is 4.79 Å². The quantitative estimate of drug-likeness (QED) is 0.795. The first kappa shape index (κ1) is 15.8. The molecule has 0 aliphatic carbocycles. The topological polar surface area (TPSA) is 58.2 Å². The van der Waals surface area contributed by atoms with E-state index in [1.165, 1.54) is 5.56 Å². The minimum absolute atomic E-state index is 0.000964. The normalized spacial score (nSPS) is 15.6. The maximum atomic E-state index is 12.8. The molecule has 4 rings (SSSR count). The number of carbonyl (C=O) groups is 1. The average Bonchev–Trinajstić information content (AvgIpc) is 3.11. The Labute approximate surface area is 146 Å². The van der Waals surface area contributed by atoms with Gasteiger partial charge in [0, 0.05) is 18.5 Å². The van der Waals surface area contributed by atoms with Crippen LogP contribution in [-0.4, -0.2) is 40.2 Å². The summed E-state index contributed by atoms with van der Waals surface area (Å²) in [6.07, 6.45) is 1.93. The number of aromatic amines is 1. The van der Waals surface area contributed by atoms with Crippen LogP contribution < -0.4 is 0 Å². The molecule has 2 heterocycles. The fraction of sp³-hybridized carbons (Fsp3) is 0.300. The van der Waals surface area contributed by atoms with Gasteiger partial charge in [0.15, 0.2) is 5.69 Å². The van der Waals surface area contributed by atoms with E-state index in [4.69, 9.17) is 4.74 Å². The van der Waals surface area contributed by atoms with E-state index in [1.54, 1.807) is 0 Å². The summed E-state index contributed by atoms with van der Waals surface area (Å²) in [6, 6.07) is 17.9. The fourth-order valence-corrected chi connectivity index (χ4v) is 3.29. The molecule has 1 aromatic heterocycles. The number of hydrogen-bond acceptors (Lipinski definition) is 3. The molecule has 128 valence electrons. The second-order valence-corrected chi connectivity index (χ2v) is 6.41. The second kappa shape index (κ2) is 7.07. The third-order valence-corrected chi connectivity index (χ3v) is 4.73. The monoisotopic (exact) mass is 335 g/mol. The number of ether oxygens (including phenoxy) is 1. The molecule has 3 aromatic rings. The summed E-state index contributed by atoms with van der Waals surface area (Å²) >= 11 is 0. The lowest BCUT2D eigenvalue weighted by molar-refractivity contribution is -0.000464. The van der Waals surface area contributed by atoms with Crippen molar-refractivity contribution < 1.29 is 9.53 Å². The van der Waals surface area contributed by atoms with Crippen molar-refractivity contribution >= 4 is 16.8 Å². The summed E-state index contributed by atoms with van der Waals surface area (Å²) in [5.74, 6) is -0.000964. The molecule has 0 atom stereocenters. The van der Waals surface area contributed by atoms with Gasteiger partial charge in [0.1, 0.15) is 0 Å². The van der Waals surface area contributed by atoms with Crippen LogP contribution in [0, 0.1) is 0 Å². The van der Waals surface area contributed by atoms with Gasteiger partial charge in [-0.15, -0.1) is 0 Å². The molecule has 1 amide bonds. The van der Waals surface area contributed by atoms with E-state index in [2.05, 4.69) is 22.3 Å². The largest absolute Gasteiger partial charge is 0.373 e. The van der Waals surface area contributed by atoms with Gasteiger partial charge in [-0.25, -0.2) is 0 Å². The van der Waals surface area contributed by atoms with Gasteiger partial charge in [0.2, 0.25) is 0 Å². The number of nitrogens with one attached hydrogen (secondary N) is 1. The van der Waals surface area contributed by atoms with E-state index >= 15 is 0 Å². The number of nitrogens with zero attached hydrogens (tertiary/aromatic N) is 2. The van der Waals surface area contributed by atoms with Crippen LogP contribution in [0.25, 0.3) is 10.9 Å². The molecule has 25 heavy (non-hydrogen) atoms. The van der Waals surface area contributed by atoms with Gasteiger partial charge in [-0.3, -0.25) is 9.89 Å². The van der Waals surface area contributed by atoms with E-state index in [0.717, 1.165) is 23.7 Å². The maximum Gasteiger partial charge on any atom is 0.274 e. The lowest BCUT2D eigenvalue weighted by Crippen LogP contribution is -2.41. The first-order valence-electron chi connectivity index (χ1n) is 8.69. The second-order valence-electron chi connectivity index (χ2n) is 6.41. The molecular weight excluding hydrogens is 314 g/mol. The van der Waals surface area contributed by atoms with Crippen molar-refractivity contribution in [3.63, 3.8) is 0 Å². The molecule has 1 N–H and O–H groups in total. The number of piperidine rings is 1. The number of amides is 1. The zero-order chi connectivity index (χ0) is 17.1. The molecule has 5 nitrogen and oxygen atoms in total. The van der Waals surface area contributed by atoms with Crippen molar-refractivity contribution in [2.75, 3.05) is 13.1 Å². The molecule has 5 heteroatoms. The third kappa shape index (κ3) is 3.42. The van der Waals surface area contributed by atoms with Crippen molar-refractivity contribution in [1.82, 2.24) is 15.1 Å². The Hall–Kier alpha value is -2.66. The number of benzene rings is 2. The van der Waals surface area contributed by atoms with Gasteiger partial charge >= 0.3 is 0 Å². The Morgan fingerprint density at radius 1 is 1.08 bits per heavy atom. The summed E-state index contributed by atoms with van der Waals surface area (Å²) in [4.78, 5) is 14.6. The number of fused-ring (bicyclic) bond motifs is 1. The lowest BCUT2D eigenvalue weighted by Gasteiger charge is -2.31. The highest BCUT2D eigenvalue weighted by atomic mass is 16.5. The molecule has 1 saturated heterocycles. The summed E-state index contributed by atoms with van der Waals surface area (Å²) in [7, 11) is 0. The lowest BCUT2D eigenvalue weighted by atomic mass is 10.1. The number of likely N-dealkylation sites (tertiary alicyclic amines) is 1. The van der Waals surface area contributed by atoms with Gasteiger partial charge in [-0.1, -0.05) is 48.5 Å². The van der Waals surface area contributed by atoms with E-state index in [0.29, 0.717) is 25.4 Å². The number of hydrogen-bond donors (Lipinski definition) is 1. The number of H-pyrrole nitrogens is 1. The van der Waals surface area contributed by atoms with Crippen LogP contribution in [0.2, 0.25) is 0 Å². The number of carbonyl (C=O) groups excluding carboxylic acids is 1. The maximum absolute atomic E-state index is 12.8. The number of aromatic nitrogens is 2. The molecule has 1 aliphatic heterocycles. The minimum atomic E-state index is -0.000964. The summed E-state index contributed by atoms with van der Waals surface area (Å²) in [6.45, 7) is 2.04. The van der Waals surface area contributed by atoms with Crippen molar-refractivity contribution in [3.05, 3.63) is 65.9 Å². The van der Waals surface area contributed by atoms with Crippen molar-refractivity contribution in [2.45, 2.75) is 25.6 Å². The molecular formula is C20H21N3O2. The Balaban J connectivity index is 1.34. The molecule has 0 bridgehead atoms. The predicted octanol–water partition coefficient (Wildman–Crippen LogP) is 3.38. The van der Waals surface area contributed by atoms with Crippen LogP contribution in [0.5, 0.6) is 0 Å². The highest BCUT2D eigenvalue weighted by Crippen LogP contribution is 2.21. The number of para-hydroxylation sites is 1. The van der Waals surface area contributed by atoms with Crippen LogP contribution in [0.3, 0.4) is 0 Å². The van der Waals surface area contributed by atoms with Crippen LogP contribution in [0.4, 0.5) is 0 Å². The smallest absolute Gasteiger partial charge is 0.274 e. The zero-order valence-corrected chi connectivity index (χ0v) is 14.0. The summed E-state index contributed by atoms with van der Waals surface area (Å²) in [5.41, 5.74) is 2.59. The summed E-state index contributed by atoms with van der Waals surface area (Å²) in [5, 5.41) is 8.04. The SMILES string of the molecule is O=C(c1n[nH]c2ccccc12)N1CCC(OCc2ccccc2)CC1. The van der Waals surface area contributed by atoms with Crippen molar-refractivity contribution in [2.24, 2.45) is 0 Å². The van der Waals surface area contributed by atoms with Crippen LogP contribution >= 0.6 is 0 Å². The van der Waals surface area contributed by atoms with E-state index in [1.807, 2.05) is 47.4 Å². The van der Waals surface area contributed by atoms with Crippen LogP contribution in [0.15, 0.2) is 54.6 Å². The van der Waals surface area contributed by atoms with Crippen LogP contribution in [0.1, 0.15) is 28.9 Å². The van der Waals surface area contributed by atoms with Gasteiger partial charge in [0.25, 0.3) is 5.91 Å². The standard InChI is InChI=1S/C20H21N3O2/c24-20(19-17-8-4-5-9-18(17)21-22-19)23-12-10-16(11-13-23)25-14-15-6-2-1-3-7-15/h1-9,16H,10-14H2,(H,21,22). The average molecular weight is 335 g/mol. The Kier molecular flexibility index (Phi) is 4.48. The van der Waals surface area contributed by atoms with Crippen molar-refractivity contribution in [3.8, 4) is 0 Å². The van der Waals surface area contributed by atoms with E-state index < -0.39 is 0 Å². The molecule has 1 aliphatic rings. The highest BCUT2D eigenvalue weighted by Gasteiger charge is 2.26. The van der Waals surface area contributed by atoms with Gasteiger partial charge in [-0.2, -0.15) is 5.10 Å². The van der Waals surface area contributed by atoms with Gasteiger partial charge in [0.05, 0.1) is 18.2 Å². The molecule has 0 spiro atoms. The molecule has 0 unspecified atom stereocenters. The minimum Gasteiger partial charge on any atom is -0.373 e. The molecule has 1 fully saturated rings. The summed E-state index contributed by atoms with van der Waals surface area (Å²) < 4.78 is 6.00. The first-order chi connectivity index (χ1) is 12.3. The van der Waals surface area contributed by atoms with E-state index in [-0.39, 0.29) is 12.0 Å².